The Morgan fingerprint density at radius 3 is 2.62 bits per heavy atom. The van der Waals surface area contributed by atoms with Crippen LogP contribution in [-0.4, -0.2) is 0 Å². The quantitative estimate of drug-likeness (QED) is 0.597. The second kappa shape index (κ2) is 3.69. The van der Waals surface area contributed by atoms with Crippen molar-refractivity contribution in [1.82, 2.24) is 0 Å². The van der Waals surface area contributed by atoms with Crippen molar-refractivity contribution in [2.24, 2.45) is 17.8 Å². The standard InChI is InChI=1S/C13H20/c1-3-11-5-7-12(8-6-11)13-9-4-10(13)2/h5,7-8,10-11,13H,3-4,6,9H2,1-2H3. The summed E-state index contributed by atoms with van der Waals surface area (Å²) >= 11 is 0. The van der Waals surface area contributed by atoms with Crippen LogP contribution < -0.4 is 0 Å². The summed E-state index contributed by atoms with van der Waals surface area (Å²) in [6, 6.07) is 0. The molecule has 0 aliphatic heterocycles. The Hall–Kier alpha value is -0.520. The van der Waals surface area contributed by atoms with Gasteiger partial charge in [-0.25, -0.2) is 0 Å². The monoisotopic (exact) mass is 176 g/mol. The van der Waals surface area contributed by atoms with Gasteiger partial charge in [-0.1, -0.05) is 32.1 Å². The lowest BCUT2D eigenvalue weighted by molar-refractivity contribution is 0.240. The van der Waals surface area contributed by atoms with Crippen molar-refractivity contribution in [2.45, 2.75) is 39.5 Å². The first-order valence-electron chi connectivity index (χ1n) is 5.69. The van der Waals surface area contributed by atoms with Gasteiger partial charge in [-0.2, -0.15) is 0 Å². The Morgan fingerprint density at radius 2 is 2.23 bits per heavy atom. The van der Waals surface area contributed by atoms with Crippen molar-refractivity contribution in [3.05, 3.63) is 23.8 Å². The lowest BCUT2D eigenvalue weighted by atomic mass is 9.69. The summed E-state index contributed by atoms with van der Waals surface area (Å²) in [4.78, 5) is 0. The van der Waals surface area contributed by atoms with Gasteiger partial charge in [0, 0.05) is 0 Å². The first-order valence-corrected chi connectivity index (χ1v) is 5.69. The van der Waals surface area contributed by atoms with Gasteiger partial charge >= 0.3 is 0 Å². The molecule has 0 heteroatoms. The largest absolute Gasteiger partial charge is 0.0808 e. The minimum atomic E-state index is 0.819. The number of hydrogen-bond acceptors (Lipinski definition) is 0. The molecule has 1 fully saturated rings. The highest BCUT2D eigenvalue weighted by Crippen LogP contribution is 2.41. The average Bonchev–Trinajstić information content (AvgIpc) is 2.17. The van der Waals surface area contributed by atoms with E-state index in [2.05, 4.69) is 32.1 Å². The number of hydrogen-bond donors (Lipinski definition) is 0. The lowest BCUT2D eigenvalue weighted by Gasteiger charge is -2.36. The summed E-state index contributed by atoms with van der Waals surface area (Å²) in [5, 5.41) is 0. The predicted molar refractivity (Wildman–Crippen MR) is 57.5 cm³/mol. The molecule has 72 valence electrons. The fraction of sp³-hybridized carbons (Fsp3) is 0.692. The van der Waals surface area contributed by atoms with Crippen molar-refractivity contribution in [3.8, 4) is 0 Å². The molecule has 3 unspecified atom stereocenters. The molecule has 0 N–H and O–H groups in total. The van der Waals surface area contributed by atoms with E-state index >= 15 is 0 Å². The molecule has 0 bridgehead atoms. The Labute approximate surface area is 81.7 Å². The zero-order chi connectivity index (χ0) is 9.26. The molecule has 3 atom stereocenters. The van der Waals surface area contributed by atoms with Crippen LogP contribution in [0.5, 0.6) is 0 Å². The summed E-state index contributed by atoms with van der Waals surface area (Å²) in [6.07, 6.45) is 12.7. The van der Waals surface area contributed by atoms with Crippen molar-refractivity contribution in [2.75, 3.05) is 0 Å². The highest BCUT2D eigenvalue weighted by atomic mass is 14.3. The van der Waals surface area contributed by atoms with Gasteiger partial charge < -0.3 is 0 Å². The zero-order valence-corrected chi connectivity index (χ0v) is 8.79. The summed E-state index contributed by atoms with van der Waals surface area (Å²) in [7, 11) is 0. The van der Waals surface area contributed by atoms with Gasteiger partial charge in [-0.05, 0) is 49.0 Å². The molecular weight excluding hydrogens is 156 g/mol. The summed E-state index contributed by atoms with van der Waals surface area (Å²) < 4.78 is 0. The molecular formula is C13H20. The normalized spacial score (nSPS) is 38.3. The van der Waals surface area contributed by atoms with Gasteiger partial charge in [0.25, 0.3) is 0 Å². The fourth-order valence-electron chi connectivity index (χ4n) is 2.42. The maximum Gasteiger partial charge on any atom is -0.0139 e. The molecule has 0 aromatic carbocycles. The molecule has 0 aromatic heterocycles. The maximum atomic E-state index is 2.48. The van der Waals surface area contributed by atoms with E-state index in [1.54, 1.807) is 5.57 Å². The van der Waals surface area contributed by atoms with Crippen LogP contribution in [-0.2, 0) is 0 Å². The lowest BCUT2D eigenvalue weighted by Crippen LogP contribution is -2.25. The first-order chi connectivity index (χ1) is 6.31. The minimum Gasteiger partial charge on any atom is -0.0808 e. The topological polar surface area (TPSA) is 0 Å². The van der Waals surface area contributed by atoms with Gasteiger partial charge in [-0.3, -0.25) is 0 Å². The fourth-order valence-corrected chi connectivity index (χ4v) is 2.42. The van der Waals surface area contributed by atoms with E-state index in [-0.39, 0.29) is 0 Å². The SMILES string of the molecule is CCC1C=CC(C2CCC2C)=CC1. The van der Waals surface area contributed by atoms with Gasteiger partial charge in [-0.15, -0.1) is 0 Å². The smallest absolute Gasteiger partial charge is 0.0139 e. The van der Waals surface area contributed by atoms with Crippen molar-refractivity contribution in [3.63, 3.8) is 0 Å². The van der Waals surface area contributed by atoms with E-state index in [0.717, 1.165) is 17.8 Å². The molecule has 2 rings (SSSR count). The minimum absolute atomic E-state index is 0.819. The molecule has 2 aliphatic rings. The summed E-state index contributed by atoms with van der Waals surface area (Å²) in [5.74, 6) is 2.65. The van der Waals surface area contributed by atoms with Crippen LogP contribution >= 0.6 is 0 Å². The average molecular weight is 176 g/mol. The van der Waals surface area contributed by atoms with E-state index in [1.807, 2.05) is 0 Å². The Kier molecular flexibility index (Phi) is 2.57. The van der Waals surface area contributed by atoms with Crippen LogP contribution in [0.4, 0.5) is 0 Å². The molecule has 2 aliphatic carbocycles. The van der Waals surface area contributed by atoms with Crippen molar-refractivity contribution in [1.29, 1.82) is 0 Å². The molecule has 13 heavy (non-hydrogen) atoms. The zero-order valence-electron chi connectivity index (χ0n) is 8.79. The van der Waals surface area contributed by atoms with Crippen LogP contribution in [0.3, 0.4) is 0 Å². The first kappa shape index (κ1) is 9.05. The van der Waals surface area contributed by atoms with Crippen LogP contribution in [0.2, 0.25) is 0 Å². The van der Waals surface area contributed by atoms with Crippen molar-refractivity contribution < 1.29 is 0 Å². The van der Waals surface area contributed by atoms with Gasteiger partial charge in [0.15, 0.2) is 0 Å². The van der Waals surface area contributed by atoms with E-state index in [0.29, 0.717) is 0 Å². The third-order valence-corrected chi connectivity index (χ3v) is 3.79. The third kappa shape index (κ3) is 1.72. The molecule has 0 spiro atoms. The van der Waals surface area contributed by atoms with E-state index in [1.165, 1.54) is 25.7 Å². The summed E-state index contributed by atoms with van der Waals surface area (Å²) in [5.41, 5.74) is 1.63. The highest BCUT2D eigenvalue weighted by Gasteiger charge is 2.29. The Bertz CT molecular complexity index is 234. The van der Waals surface area contributed by atoms with Gasteiger partial charge in [0.2, 0.25) is 0 Å². The number of rotatable bonds is 2. The maximum absolute atomic E-state index is 2.48. The number of allylic oxidation sites excluding steroid dienone is 4. The van der Waals surface area contributed by atoms with Crippen molar-refractivity contribution >= 4 is 0 Å². The molecule has 0 aromatic rings. The van der Waals surface area contributed by atoms with E-state index in [4.69, 9.17) is 0 Å². The molecule has 0 saturated heterocycles. The van der Waals surface area contributed by atoms with Crippen LogP contribution in [0, 0.1) is 17.8 Å². The van der Waals surface area contributed by atoms with E-state index < -0.39 is 0 Å². The molecule has 1 saturated carbocycles. The Balaban J connectivity index is 1.96. The van der Waals surface area contributed by atoms with Gasteiger partial charge in [0.05, 0.1) is 0 Å². The second-order valence-electron chi connectivity index (χ2n) is 4.63. The van der Waals surface area contributed by atoms with Crippen LogP contribution in [0.15, 0.2) is 23.8 Å². The van der Waals surface area contributed by atoms with Crippen LogP contribution in [0.25, 0.3) is 0 Å². The van der Waals surface area contributed by atoms with Crippen LogP contribution in [0.1, 0.15) is 39.5 Å². The second-order valence-corrected chi connectivity index (χ2v) is 4.63. The summed E-state index contributed by atoms with van der Waals surface area (Å²) in [6.45, 7) is 4.66. The Morgan fingerprint density at radius 1 is 1.38 bits per heavy atom. The van der Waals surface area contributed by atoms with Gasteiger partial charge in [0.1, 0.15) is 0 Å². The molecule has 0 amide bonds. The third-order valence-electron chi connectivity index (χ3n) is 3.79. The van der Waals surface area contributed by atoms with E-state index in [9.17, 15) is 0 Å². The predicted octanol–water partition coefficient (Wildman–Crippen LogP) is 3.95. The molecule has 0 radical (unpaired) electrons. The highest BCUT2D eigenvalue weighted by molar-refractivity contribution is 5.28. The molecule has 0 heterocycles. The molecule has 0 nitrogen and oxygen atoms in total.